The number of pyridine rings is 1. The summed E-state index contributed by atoms with van der Waals surface area (Å²) in [5.74, 6) is 2.12. The molecule has 1 saturated heterocycles. The summed E-state index contributed by atoms with van der Waals surface area (Å²) in [5, 5.41) is 0. The van der Waals surface area contributed by atoms with E-state index in [1.54, 1.807) is 0 Å². The summed E-state index contributed by atoms with van der Waals surface area (Å²) in [7, 11) is 0. The molecule has 5 heteroatoms. The number of aromatic nitrogens is 1. The summed E-state index contributed by atoms with van der Waals surface area (Å²) in [6.07, 6.45) is 6.67. The summed E-state index contributed by atoms with van der Waals surface area (Å²) in [6.45, 7) is 4.36. The summed E-state index contributed by atoms with van der Waals surface area (Å²) in [6, 6.07) is 14.2. The fourth-order valence-corrected chi connectivity index (χ4v) is 6.35. The molecule has 0 radical (unpaired) electrons. The van der Waals surface area contributed by atoms with Crippen LogP contribution in [0.1, 0.15) is 55.3 Å². The van der Waals surface area contributed by atoms with E-state index in [9.17, 15) is 9.59 Å². The summed E-state index contributed by atoms with van der Waals surface area (Å²) >= 11 is 0. The van der Waals surface area contributed by atoms with E-state index in [4.69, 9.17) is 4.74 Å². The van der Waals surface area contributed by atoms with Crippen LogP contribution >= 0.6 is 0 Å². The lowest BCUT2D eigenvalue weighted by Crippen LogP contribution is -2.44. The van der Waals surface area contributed by atoms with Gasteiger partial charge in [-0.15, -0.1) is 0 Å². The molecule has 168 valence electrons. The second-order valence-corrected chi connectivity index (χ2v) is 10.1. The highest BCUT2D eigenvalue weighted by atomic mass is 16.6. The topological polar surface area (TPSA) is 59.5 Å². The fourth-order valence-electron chi connectivity index (χ4n) is 6.35. The lowest BCUT2D eigenvalue weighted by Gasteiger charge is -2.27. The zero-order valence-electron chi connectivity index (χ0n) is 18.9. The number of amides is 2. The molecule has 1 aromatic heterocycles. The van der Waals surface area contributed by atoms with Crippen molar-refractivity contribution in [2.24, 2.45) is 23.7 Å². The van der Waals surface area contributed by atoms with Gasteiger partial charge in [0.15, 0.2) is 0 Å². The molecule has 2 saturated carbocycles. The molecule has 1 aliphatic heterocycles. The first-order chi connectivity index (χ1) is 15.5. The van der Waals surface area contributed by atoms with Gasteiger partial charge in [-0.05, 0) is 86.0 Å². The average molecular weight is 433 g/mol. The van der Waals surface area contributed by atoms with Crippen LogP contribution in [0, 0.1) is 30.6 Å². The first-order valence-corrected chi connectivity index (χ1v) is 12.0. The Hall–Kier alpha value is -2.69. The molecule has 2 heterocycles. The molecule has 1 aromatic carbocycles. The van der Waals surface area contributed by atoms with Crippen LogP contribution in [-0.4, -0.2) is 34.5 Å². The minimum absolute atomic E-state index is 0.0558. The van der Waals surface area contributed by atoms with E-state index in [-0.39, 0.29) is 24.5 Å². The zero-order valence-corrected chi connectivity index (χ0v) is 18.9. The van der Waals surface area contributed by atoms with Crippen molar-refractivity contribution < 1.29 is 14.3 Å². The maximum absolute atomic E-state index is 13.4. The van der Waals surface area contributed by atoms with Gasteiger partial charge < -0.3 is 4.74 Å². The van der Waals surface area contributed by atoms with Crippen molar-refractivity contribution in [2.75, 3.05) is 6.61 Å². The predicted molar refractivity (Wildman–Crippen MR) is 122 cm³/mol. The largest absolute Gasteiger partial charge is 0.447 e. The van der Waals surface area contributed by atoms with Gasteiger partial charge in [0.25, 0.3) is 0 Å². The number of aryl methyl sites for hydroxylation is 1. The number of carbonyl (C=O) groups is 2. The Labute approximate surface area is 190 Å². The van der Waals surface area contributed by atoms with Gasteiger partial charge in [-0.25, -0.2) is 9.69 Å². The fraction of sp³-hybridized carbons (Fsp3) is 0.519. The Morgan fingerprint density at radius 2 is 1.84 bits per heavy atom. The molecule has 2 aliphatic carbocycles. The number of fused-ring (bicyclic) bond motifs is 1. The van der Waals surface area contributed by atoms with Crippen LogP contribution in [-0.2, 0) is 16.0 Å². The molecule has 5 nitrogen and oxygen atoms in total. The van der Waals surface area contributed by atoms with Gasteiger partial charge >= 0.3 is 6.09 Å². The Morgan fingerprint density at radius 1 is 1.12 bits per heavy atom. The van der Waals surface area contributed by atoms with Crippen molar-refractivity contribution >= 4 is 12.0 Å². The van der Waals surface area contributed by atoms with Gasteiger partial charge in [0, 0.05) is 17.8 Å². The number of hydrogen-bond donors (Lipinski definition) is 0. The SMILES string of the molecule is Cc1cc(C2C[C@@H]3CC(C(C)C(=O)N4C(=O)OC[C@H]4Cc4ccccc4)C[C@@H]3C2)ccn1. The van der Waals surface area contributed by atoms with Crippen molar-refractivity contribution in [1.29, 1.82) is 0 Å². The predicted octanol–water partition coefficient (Wildman–Crippen LogP) is 5.14. The molecule has 3 unspecified atom stereocenters. The third-order valence-electron chi connectivity index (χ3n) is 8.05. The number of cyclic esters (lactones) is 1. The van der Waals surface area contributed by atoms with Crippen molar-refractivity contribution in [3.8, 4) is 0 Å². The number of hydrogen-bond acceptors (Lipinski definition) is 4. The van der Waals surface area contributed by atoms with Crippen molar-refractivity contribution in [3.05, 3.63) is 65.5 Å². The molecule has 3 fully saturated rings. The maximum atomic E-state index is 13.4. The first kappa shape index (κ1) is 21.2. The molecule has 3 aliphatic rings. The van der Waals surface area contributed by atoms with E-state index < -0.39 is 6.09 Å². The minimum Gasteiger partial charge on any atom is -0.447 e. The van der Waals surface area contributed by atoms with Gasteiger partial charge in [-0.2, -0.15) is 0 Å². The van der Waals surface area contributed by atoms with Gasteiger partial charge in [0.1, 0.15) is 6.61 Å². The van der Waals surface area contributed by atoms with Crippen LogP contribution in [0.5, 0.6) is 0 Å². The van der Waals surface area contributed by atoms with E-state index in [1.165, 1.54) is 23.3 Å². The molecule has 6 atom stereocenters. The Balaban J connectivity index is 1.22. The highest BCUT2D eigenvalue weighted by molar-refractivity contribution is 5.94. The zero-order chi connectivity index (χ0) is 22.2. The van der Waals surface area contributed by atoms with Gasteiger partial charge in [0.05, 0.1) is 6.04 Å². The molecule has 2 amide bonds. The molecule has 0 bridgehead atoms. The Kier molecular flexibility index (Phi) is 5.75. The lowest BCUT2D eigenvalue weighted by molar-refractivity contribution is -0.134. The van der Waals surface area contributed by atoms with E-state index in [0.717, 1.165) is 24.1 Å². The molecular formula is C27H32N2O3. The van der Waals surface area contributed by atoms with Crippen molar-refractivity contribution in [2.45, 2.75) is 57.9 Å². The highest BCUT2D eigenvalue weighted by Crippen LogP contribution is 2.54. The monoisotopic (exact) mass is 432 g/mol. The Bertz CT molecular complexity index is 977. The number of imide groups is 1. The molecule has 0 spiro atoms. The van der Waals surface area contributed by atoms with Crippen LogP contribution in [0.4, 0.5) is 4.79 Å². The van der Waals surface area contributed by atoms with Gasteiger partial charge in [-0.3, -0.25) is 9.78 Å². The van der Waals surface area contributed by atoms with Crippen LogP contribution in [0.2, 0.25) is 0 Å². The Morgan fingerprint density at radius 3 is 2.53 bits per heavy atom. The van der Waals surface area contributed by atoms with Gasteiger partial charge in [0.2, 0.25) is 5.91 Å². The summed E-state index contributed by atoms with van der Waals surface area (Å²) in [5.41, 5.74) is 3.62. The maximum Gasteiger partial charge on any atom is 0.416 e. The van der Waals surface area contributed by atoms with Crippen LogP contribution < -0.4 is 0 Å². The molecule has 32 heavy (non-hydrogen) atoms. The number of benzene rings is 1. The van der Waals surface area contributed by atoms with E-state index in [1.807, 2.05) is 43.5 Å². The molecule has 0 N–H and O–H groups in total. The molecular weight excluding hydrogens is 400 g/mol. The van der Waals surface area contributed by atoms with E-state index in [2.05, 4.69) is 24.0 Å². The third-order valence-corrected chi connectivity index (χ3v) is 8.05. The number of rotatable bonds is 5. The number of ether oxygens (including phenoxy) is 1. The van der Waals surface area contributed by atoms with Crippen LogP contribution in [0.25, 0.3) is 0 Å². The first-order valence-electron chi connectivity index (χ1n) is 12.0. The standard InChI is InChI=1S/C27H32N2O3/c1-17-10-20(8-9-28-17)22-14-23-12-21(13-24(23)15-22)18(2)26(30)29-25(16-32-27(29)31)11-19-6-4-3-5-7-19/h3-10,18,21-25H,11-16H2,1-2H3/t18?,21?,22?,23-,24+,25-/m1/s1. The summed E-state index contributed by atoms with van der Waals surface area (Å²) < 4.78 is 5.29. The van der Waals surface area contributed by atoms with Crippen LogP contribution in [0.15, 0.2) is 48.7 Å². The average Bonchev–Trinajstić information content (AvgIpc) is 3.47. The lowest BCUT2D eigenvalue weighted by atomic mass is 9.86. The third kappa shape index (κ3) is 4.05. The summed E-state index contributed by atoms with van der Waals surface area (Å²) in [4.78, 5) is 31.6. The smallest absolute Gasteiger partial charge is 0.416 e. The van der Waals surface area contributed by atoms with E-state index in [0.29, 0.717) is 30.1 Å². The van der Waals surface area contributed by atoms with Crippen molar-refractivity contribution in [1.82, 2.24) is 9.88 Å². The second-order valence-electron chi connectivity index (χ2n) is 10.1. The normalized spacial score (nSPS) is 30.2. The number of carbonyl (C=O) groups excluding carboxylic acids is 2. The number of nitrogens with zero attached hydrogens (tertiary/aromatic N) is 2. The molecule has 5 rings (SSSR count). The quantitative estimate of drug-likeness (QED) is 0.657. The minimum atomic E-state index is -0.478. The highest BCUT2D eigenvalue weighted by Gasteiger charge is 2.47. The molecule has 2 aromatic rings. The van der Waals surface area contributed by atoms with Crippen molar-refractivity contribution in [3.63, 3.8) is 0 Å². The van der Waals surface area contributed by atoms with E-state index >= 15 is 0 Å². The second kappa shape index (κ2) is 8.68. The van der Waals surface area contributed by atoms with Gasteiger partial charge in [-0.1, -0.05) is 37.3 Å². The van der Waals surface area contributed by atoms with Crippen LogP contribution in [0.3, 0.4) is 0 Å².